The SMILES string of the molecule is Cc1cccc2nc(CCCl)n(Cc3ncon3)c12. The van der Waals surface area contributed by atoms with Gasteiger partial charge in [-0.25, -0.2) is 4.98 Å². The Morgan fingerprint density at radius 2 is 2.26 bits per heavy atom. The summed E-state index contributed by atoms with van der Waals surface area (Å²) in [7, 11) is 0. The second-order valence-electron chi connectivity index (χ2n) is 4.34. The van der Waals surface area contributed by atoms with Gasteiger partial charge < -0.3 is 9.09 Å². The zero-order chi connectivity index (χ0) is 13.2. The number of halogens is 1. The van der Waals surface area contributed by atoms with Crippen molar-refractivity contribution >= 4 is 22.6 Å². The van der Waals surface area contributed by atoms with Gasteiger partial charge in [-0.05, 0) is 18.6 Å². The van der Waals surface area contributed by atoms with Crippen LogP contribution in [0.2, 0.25) is 0 Å². The van der Waals surface area contributed by atoms with Crippen molar-refractivity contribution in [2.75, 3.05) is 5.88 Å². The summed E-state index contributed by atoms with van der Waals surface area (Å²) in [6, 6.07) is 6.09. The molecule has 0 aliphatic heterocycles. The monoisotopic (exact) mass is 276 g/mol. The molecule has 0 aliphatic carbocycles. The molecule has 0 fully saturated rings. The number of rotatable bonds is 4. The fourth-order valence-corrected chi connectivity index (χ4v) is 2.43. The molecule has 0 saturated heterocycles. The molecule has 2 aromatic heterocycles. The minimum Gasteiger partial charge on any atom is -0.343 e. The lowest BCUT2D eigenvalue weighted by atomic mass is 10.2. The summed E-state index contributed by atoms with van der Waals surface area (Å²) in [4.78, 5) is 8.71. The maximum atomic E-state index is 5.85. The number of benzene rings is 1. The van der Waals surface area contributed by atoms with Crippen molar-refractivity contribution < 1.29 is 4.52 Å². The number of nitrogens with zero attached hydrogens (tertiary/aromatic N) is 4. The summed E-state index contributed by atoms with van der Waals surface area (Å²) < 4.78 is 6.89. The van der Waals surface area contributed by atoms with Gasteiger partial charge >= 0.3 is 0 Å². The second-order valence-corrected chi connectivity index (χ2v) is 4.72. The van der Waals surface area contributed by atoms with Crippen molar-refractivity contribution in [3.63, 3.8) is 0 Å². The van der Waals surface area contributed by atoms with E-state index in [9.17, 15) is 0 Å². The topological polar surface area (TPSA) is 56.7 Å². The smallest absolute Gasteiger partial charge is 0.213 e. The van der Waals surface area contributed by atoms with Gasteiger partial charge in [-0.2, -0.15) is 4.98 Å². The highest BCUT2D eigenvalue weighted by molar-refractivity contribution is 6.17. The van der Waals surface area contributed by atoms with Crippen LogP contribution in [0, 0.1) is 6.92 Å². The van der Waals surface area contributed by atoms with Crippen LogP contribution in [0.15, 0.2) is 29.1 Å². The predicted molar refractivity (Wildman–Crippen MR) is 72.3 cm³/mol. The van der Waals surface area contributed by atoms with E-state index in [2.05, 4.69) is 32.7 Å². The Bertz CT molecular complexity index is 690. The Morgan fingerprint density at radius 3 is 3.00 bits per heavy atom. The number of aromatic nitrogens is 4. The number of alkyl halides is 1. The van der Waals surface area contributed by atoms with Gasteiger partial charge in [0.15, 0.2) is 5.82 Å². The van der Waals surface area contributed by atoms with Crippen LogP contribution in [0.3, 0.4) is 0 Å². The molecule has 0 saturated carbocycles. The number of hydrogen-bond donors (Lipinski definition) is 0. The van der Waals surface area contributed by atoms with E-state index in [1.807, 2.05) is 12.1 Å². The highest BCUT2D eigenvalue weighted by Gasteiger charge is 2.13. The van der Waals surface area contributed by atoms with Crippen molar-refractivity contribution in [3.05, 3.63) is 41.8 Å². The summed E-state index contributed by atoms with van der Waals surface area (Å²) in [5.74, 6) is 2.12. The van der Waals surface area contributed by atoms with E-state index in [1.165, 1.54) is 12.0 Å². The number of hydrogen-bond acceptors (Lipinski definition) is 4. The molecule has 0 aliphatic rings. The Labute approximate surface area is 115 Å². The molecule has 0 bridgehead atoms. The molecule has 0 N–H and O–H groups in total. The van der Waals surface area contributed by atoms with E-state index in [4.69, 9.17) is 16.1 Å². The molecule has 0 spiro atoms. The Balaban J connectivity index is 2.15. The minimum absolute atomic E-state index is 0.536. The molecular formula is C13H13ClN4O. The molecule has 0 unspecified atom stereocenters. The lowest BCUT2D eigenvalue weighted by Gasteiger charge is -2.07. The number of fused-ring (bicyclic) bond motifs is 1. The fourth-order valence-electron chi connectivity index (χ4n) is 2.26. The third kappa shape index (κ3) is 2.21. The highest BCUT2D eigenvalue weighted by Crippen LogP contribution is 2.21. The van der Waals surface area contributed by atoms with Gasteiger partial charge in [-0.3, -0.25) is 0 Å². The normalized spacial score (nSPS) is 11.3. The maximum Gasteiger partial charge on any atom is 0.213 e. The third-order valence-electron chi connectivity index (χ3n) is 3.07. The van der Waals surface area contributed by atoms with Crippen LogP contribution in [-0.2, 0) is 13.0 Å². The van der Waals surface area contributed by atoms with Gasteiger partial charge in [0.05, 0.1) is 17.6 Å². The summed E-state index contributed by atoms with van der Waals surface area (Å²) in [6.07, 6.45) is 2.05. The molecule has 3 rings (SSSR count). The predicted octanol–water partition coefficient (Wildman–Crippen LogP) is 2.56. The Morgan fingerprint density at radius 1 is 1.37 bits per heavy atom. The van der Waals surface area contributed by atoms with Crippen LogP contribution >= 0.6 is 11.6 Å². The van der Waals surface area contributed by atoms with Gasteiger partial charge in [0.1, 0.15) is 5.82 Å². The van der Waals surface area contributed by atoms with Gasteiger partial charge in [-0.1, -0.05) is 17.3 Å². The van der Waals surface area contributed by atoms with E-state index in [0.717, 1.165) is 16.9 Å². The standard InChI is InChI=1S/C13H13ClN4O/c1-9-3-2-4-10-13(9)18(12(16-10)5-6-14)7-11-15-8-19-17-11/h2-4,8H,5-7H2,1H3. The second kappa shape index (κ2) is 5.01. The lowest BCUT2D eigenvalue weighted by molar-refractivity contribution is 0.408. The van der Waals surface area contributed by atoms with Gasteiger partial charge in [-0.15, -0.1) is 11.6 Å². The van der Waals surface area contributed by atoms with Crippen LogP contribution in [0.1, 0.15) is 17.2 Å². The molecule has 2 heterocycles. The van der Waals surface area contributed by atoms with Crippen LogP contribution in [0.25, 0.3) is 11.0 Å². The number of aryl methyl sites for hydroxylation is 2. The average molecular weight is 277 g/mol. The lowest BCUT2D eigenvalue weighted by Crippen LogP contribution is -2.07. The van der Waals surface area contributed by atoms with Crippen molar-refractivity contribution in [2.24, 2.45) is 0 Å². The van der Waals surface area contributed by atoms with Gasteiger partial charge in [0, 0.05) is 12.3 Å². The first kappa shape index (κ1) is 12.2. The number of para-hydroxylation sites is 1. The van der Waals surface area contributed by atoms with E-state index in [0.29, 0.717) is 24.7 Å². The highest BCUT2D eigenvalue weighted by atomic mass is 35.5. The van der Waals surface area contributed by atoms with E-state index < -0.39 is 0 Å². The summed E-state index contributed by atoms with van der Waals surface area (Å²) in [5.41, 5.74) is 3.25. The van der Waals surface area contributed by atoms with Crippen molar-refractivity contribution in [3.8, 4) is 0 Å². The maximum absolute atomic E-state index is 5.85. The Hall–Kier alpha value is -1.88. The molecule has 0 amide bonds. The van der Waals surface area contributed by atoms with E-state index >= 15 is 0 Å². The molecule has 3 aromatic rings. The molecule has 0 radical (unpaired) electrons. The molecule has 98 valence electrons. The quantitative estimate of drug-likeness (QED) is 0.687. The molecule has 5 nitrogen and oxygen atoms in total. The average Bonchev–Trinajstić information content (AvgIpc) is 3.00. The van der Waals surface area contributed by atoms with Crippen molar-refractivity contribution in [2.45, 2.75) is 19.9 Å². The third-order valence-corrected chi connectivity index (χ3v) is 3.26. The summed E-state index contributed by atoms with van der Waals surface area (Å²) in [5, 5.41) is 3.86. The van der Waals surface area contributed by atoms with E-state index in [1.54, 1.807) is 0 Å². The van der Waals surface area contributed by atoms with Crippen molar-refractivity contribution in [1.29, 1.82) is 0 Å². The van der Waals surface area contributed by atoms with Crippen LogP contribution in [0.4, 0.5) is 0 Å². The van der Waals surface area contributed by atoms with Gasteiger partial charge in [0.25, 0.3) is 0 Å². The van der Waals surface area contributed by atoms with Gasteiger partial charge in [0.2, 0.25) is 6.39 Å². The first-order valence-electron chi connectivity index (χ1n) is 6.05. The minimum atomic E-state index is 0.536. The Kier molecular flexibility index (Phi) is 3.21. The number of imidazole rings is 1. The van der Waals surface area contributed by atoms with Crippen LogP contribution in [0.5, 0.6) is 0 Å². The fraction of sp³-hybridized carbons (Fsp3) is 0.308. The summed E-state index contributed by atoms with van der Waals surface area (Å²) in [6.45, 7) is 2.62. The molecule has 19 heavy (non-hydrogen) atoms. The largest absolute Gasteiger partial charge is 0.343 e. The molecule has 1 aromatic carbocycles. The molecule has 6 heteroatoms. The van der Waals surface area contributed by atoms with Crippen LogP contribution in [-0.4, -0.2) is 25.6 Å². The molecular weight excluding hydrogens is 264 g/mol. The first-order chi connectivity index (χ1) is 9.29. The molecule has 0 atom stereocenters. The van der Waals surface area contributed by atoms with Crippen LogP contribution < -0.4 is 0 Å². The summed E-state index contributed by atoms with van der Waals surface area (Å²) >= 11 is 5.85. The first-order valence-corrected chi connectivity index (χ1v) is 6.59. The van der Waals surface area contributed by atoms with E-state index in [-0.39, 0.29) is 0 Å². The zero-order valence-corrected chi connectivity index (χ0v) is 11.3. The van der Waals surface area contributed by atoms with Crippen molar-refractivity contribution in [1.82, 2.24) is 19.7 Å². The zero-order valence-electron chi connectivity index (χ0n) is 10.5.